The normalized spacial score (nSPS) is 29.6. The van der Waals surface area contributed by atoms with E-state index in [0.717, 1.165) is 24.1 Å². The van der Waals surface area contributed by atoms with Crippen molar-refractivity contribution in [2.45, 2.75) is 39.0 Å². The van der Waals surface area contributed by atoms with E-state index in [-0.39, 0.29) is 18.9 Å². The number of rotatable bonds is 3. The highest BCUT2D eigenvalue weighted by Gasteiger charge is 2.23. The lowest BCUT2D eigenvalue weighted by Crippen LogP contribution is -2.13. The fourth-order valence-electron chi connectivity index (χ4n) is 1.23. The molecular weight excluding hydrogens is 180 g/mol. The van der Waals surface area contributed by atoms with Crippen molar-refractivity contribution in [3.63, 3.8) is 0 Å². The highest BCUT2D eigenvalue weighted by molar-refractivity contribution is 5.78. The number of hydrogen-bond donors (Lipinski definition) is 2. The summed E-state index contributed by atoms with van der Waals surface area (Å²) < 4.78 is 5.43. The molecule has 80 valence electrons. The first-order valence-electron chi connectivity index (χ1n) is 4.86. The van der Waals surface area contributed by atoms with E-state index in [1.54, 1.807) is 6.21 Å². The molecule has 0 aromatic heterocycles. The third kappa shape index (κ3) is 3.12. The standard InChI is InChI=1S/C10H18N2O2/c1-7(8(2)11)5-12-10-4-3-9(6-13)14-10/h5,9-10,13H,3-4,6,11H2,1-2H3. The third-order valence-electron chi connectivity index (χ3n) is 2.35. The molecule has 2 atom stereocenters. The summed E-state index contributed by atoms with van der Waals surface area (Å²) >= 11 is 0. The molecular formula is C10H18N2O2. The van der Waals surface area contributed by atoms with Gasteiger partial charge in [0.05, 0.1) is 12.7 Å². The molecule has 0 radical (unpaired) electrons. The topological polar surface area (TPSA) is 67.8 Å². The molecule has 0 amide bonds. The van der Waals surface area contributed by atoms with Gasteiger partial charge in [-0.05, 0) is 32.3 Å². The summed E-state index contributed by atoms with van der Waals surface area (Å²) in [7, 11) is 0. The van der Waals surface area contributed by atoms with E-state index < -0.39 is 0 Å². The van der Waals surface area contributed by atoms with E-state index in [0.29, 0.717) is 0 Å². The smallest absolute Gasteiger partial charge is 0.148 e. The minimum atomic E-state index is -0.110. The van der Waals surface area contributed by atoms with E-state index >= 15 is 0 Å². The lowest BCUT2D eigenvalue weighted by Gasteiger charge is -2.07. The van der Waals surface area contributed by atoms with Gasteiger partial charge in [0.15, 0.2) is 0 Å². The average Bonchev–Trinajstić information content (AvgIpc) is 2.61. The summed E-state index contributed by atoms with van der Waals surface area (Å²) in [6.45, 7) is 3.83. The van der Waals surface area contributed by atoms with Crippen LogP contribution in [0.25, 0.3) is 0 Å². The first-order valence-corrected chi connectivity index (χ1v) is 4.86. The van der Waals surface area contributed by atoms with E-state index in [2.05, 4.69) is 4.99 Å². The molecule has 0 bridgehead atoms. The van der Waals surface area contributed by atoms with E-state index in [9.17, 15) is 0 Å². The number of aliphatic hydroxyl groups excluding tert-OH is 1. The predicted molar refractivity (Wildman–Crippen MR) is 56.0 cm³/mol. The van der Waals surface area contributed by atoms with Crippen LogP contribution >= 0.6 is 0 Å². The van der Waals surface area contributed by atoms with Gasteiger partial charge in [-0.2, -0.15) is 0 Å². The number of ether oxygens (including phenoxy) is 1. The van der Waals surface area contributed by atoms with Crippen molar-refractivity contribution in [1.29, 1.82) is 0 Å². The molecule has 1 rings (SSSR count). The molecule has 2 unspecified atom stereocenters. The zero-order chi connectivity index (χ0) is 10.6. The minimum absolute atomic E-state index is 0.0413. The molecule has 1 heterocycles. The van der Waals surface area contributed by atoms with Gasteiger partial charge < -0.3 is 15.6 Å². The van der Waals surface area contributed by atoms with Crippen LogP contribution in [0.4, 0.5) is 0 Å². The minimum Gasteiger partial charge on any atom is -0.402 e. The van der Waals surface area contributed by atoms with E-state index in [1.165, 1.54) is 0 Å². The molecule has 0 aromatic carbocycles. The Kier molecular flexibility index (Phi) is 4.10. The maximum absolute atomic E-state index is 8.84. The fraction of sp³-hybridized carbons (Fsp3) is 0.700. The Balaban J connectivity index is 2.43. The Hall–Kier alpha value is -0.870. The lowest BCUT2D eigenvalue weighted by atomic mass is 10.2. The SMILES string of the molecule is CC(N)=C(C)C=NC1CCC(CO)O1. The highest BCUT2D eigenvalue weighted by Crippen LogP contribution is 2.19. The van der Waals surface area contributed by atoms with Gasteiger partial charge in [0, 0.05) is 11.9 Å². The second-order valence-corrected chi connectivity index (χ2v) is 3.62. The molecule has 1 saturated heterocycles. The zero-order valence-electron chi connectivity index (χ0n) is 8.73. The van der Waals surface area contributed by atoms with Crippen LogP contribution < -0.4 is 5.73 Å². The first kappa shape index (κ1) is 11.2. The van der Waals surface area contributed by atoms with Crippen molar-refractivity contribution in [1.82, 2.24) is 0 Å². The molecule has 4 heteroatoms. The van der Waals surface area contributed by atoms with Crippen LogP contribution in [0, 0.1) is 0 Å². The van der Waals surface area contributed by atoms with Crippen molar-refractivity contribution in [2.24, 2.45) is 10.7 Å². The van der Waals surface area contributed by atoms with Crippen LogP contribution in [0.15, 0.2) is 16.3 Å². The summed E-state index contributed by atoms with van der Waals surface area (Å²) in [6, 6.07) is 0. The van der Waals surface area contributed by atoms with E-state index in [4.69, 9.17) is 15.6 Å². The van der Waals surface area contributed by atoms with Crippen molar-refractivity contribution in [3.05, 3.63) is 11.3 Å². The van der Waals surface area contributed by atoms with Crippen molar-refractivity contribution < 1.29 is 9.84 Å². The number of hydrogen-bond acceptors (Lipinski definition) is 4. The number of aliphatic imine (C=N–C) groups is 1. The number of nitrogens with zero attached hydrogens (tertiary/aromatic N) is 1. The van der Waals surface area contributed by atoms with Gasteiger partial charge in [0.1, 0.15) is 6.23 Å². The Morgan fingerprint density at radius 1 is 1.57 bits per heavy atom. The molecule has 0 aliphatic carbocycles. The molecule has 1 fully saturated rings. The van der Waals surface area contributed by atoms with Crippen molar-refractivity contribution in [3.8, 4) is 0 Å². The average molecular weight is 198 g/mol. The van der Waals surface area contributed by atoms with Crippen LogP contribution in [-0.2, 0) is 4.74 Å². The first-order chi connectivity index (χ1) is 6.63. The van der Waals surface area contributed by atoms with Crippen LogP contribution in [0.5, 0.6) is 0 Å². The Morgan fingerprint density at radius 2 is 2.29 bits per heavy atom. The molecule has 0 spiro atoms. The monoisotopic (exact) mass is 198 g/mol. The van der Waals surface area contributed by atoms with Gasteiger partial charge in [-0.3, -0.25) is 4.99 Å². The summed E-state index contributed by atoms with van der Waals surface area (Å²) in [4.78, 5) is 4.25. The van der Waals surface area contributed by atoms with Gasteiger partial charge >= 0.3 is 0 Å². The molecule has 14 heavy (non-hydrogen) atoms. The lowest BCUT2D eigenvalue weighted by molar-refractivity contribution is 0.0161. The largest absolute Gasteiger partial charge is 0.402 e. The Labute approximate surface area is 84.5 Å². The Bertz CT molecular complexity index is 245. The molecule has 0 saturated carbocycles. The van der Waals surface area contributed by atoms with Crippen LogP contribution in [0.1, 0.15) is 26.7 Å². The second-order valence-electron chi connectivity index (χ2n) is 3.62. The summed E-state index contributed by atoms with van der Waals surface area (Å²) in [5.41, 5.74) is 7.31. The van der Waals surface area contributed by atoms with Crippen LogP contribution in [-0.4, -0.2) is 30.3 Å². The molecule has 3 N–H and O–H groups in total. The van der Waals surface area contributed by atoms with Crippen molar-refractivity contribution >= 4 is 6.21 Å². The number of allylic oxidation sites excluding steroid dienone is 2. The predicted octanol–water partition coefficient (Wildman–Crippen LogP) is 0.807. The Morgan fingerprint density at radius 3 is 2.79 bits per heavy atom. The van der Waals surface area contributed by atoms with E-state index in [1.807, 2.05) is 13.8 Å². The number of nitrogens with two attached hydrogens (primary N) is 1. The maximum Gasteiger partial charge on any atom is 0.148 e. The van der Waals surface area contributed by atoms with Gasteiger partial charge in [0.2, 0.25) is 0 Å². The molecule has 0 aromatic rings. The molecule has 4 nitrogen and oxygen atoms in total. The van der Waals surface area contributed by atoms with Crippen LogP contribution in [0.2, 0.25) is 0 Å². The van der Waals surface area contributed by atoms with Crippen molar-refractivity contribution in [2.75, 3.05) is 6.61 Å². The van der Waals surface area contributed by atoms with Gasteiger partial charge in [-0.1, -0.05) is 0 Å². The summed E-state index contributed by atoms with van der Waals surface area (Å²) in [5.74, 6) is 0. The summed E-state index contributed by atoms with van der Waals surface area (Å²) in [6.07, 6.45) is 3.34. The third-order valence-corrected chi connectivity index (χ3v) is 2.35. The molecule has 1 aliphatic heterocycles. The maximum atomic E-state index is 8.84. The quantitative estimate of drug-likeness (QED) is 0.659. The zero-order valence-corrected chi connectivity index (χ0v) is 8.73. The fourth-order valence-corrected chi connectivity index (χ4v) is 1.23. The van der Waals surface area contributed by atoms with Crippen LogP contribution in [0.3, 0.4) is 0 Å². The molecule has 1 aliphatic rings. The second kappa shape index (κ2) is 5.12. The highest BCUT2D eigenvalue weighted by atomic mass is 16.5. The van der Waals surface area contributed by atoms with Gasteiger partial charge in [-0.15, -0.1) is 0 Å². The summed E-state index contributed by atoms with van der Waals surface area (Å²) in [5, 5.41) is 8.84. The van der Waals surface area contributed by atoms with Gasteiger partial charge in [-0.25, -0.2) is 0 Å². The van der Waals surface area contributed by atoms with Gasteiger partial charge in [0.25, 0.3) is 0 Å². The number of aliphatic hydroxyl groups is 1.